The molecule has 11 heteroatoms. The summed E-state index contributed by atoms with van der Waals surface area (Å²) in [7, 11) is -2.56. The van der Waals surface area contributed by atoms with Crippen molar-refractivity contribution in [3.63, 3.8) is 0 Å². The summed E-state index contributed by atoms with van der Waals surface area (Å²) in [6, 6.07) is 36.1. The molecule has 3 heterocycles. The van der Waals surface area contributed by atoms with Gasteiger partial charge in [0, 0.05) is 5.56 Å². The summed E-state index contributed by atoms with van der Waals surface area (Å²) in [5, 5.41) is 4.66. The van der Waals surface area contributed by atoms with Gasteiger partial charge < -0.3 is 0 Å². The first-order valence-corrected chi connectivity index (χ1v) is 22.4. The van der Waals surface area contributed by atoms with Crippen LogP contribution in [0.5, 0.6) is 0 Å². The van der Waals surface area contributed by atoms with Crippen LogP contribution in [0.25, 0.3) is 39.3 Å². The Morgan fingerprint density at radius 2 is 1.23 bits per heavy atom. The Hall–Kier alpha value is -5.33. The molecule has 275 valence electrons. The SMILES string of the molecule is CC=C1COCC1=CC(C#Cc1cc(N)c(-c2c(N)cc(/C=C/C)c3nsnc23)c2nsnc12)=C([C]#[Os])[P+](c1ccccc1)(c1ccccc1)c1ccccc1. The Morgan fingerprint density at radius 3 is 1.79 bits per heavy atom. The minimum atomic E-state index is -2.56. The summed E-state index contributed by atoms with van der Waals surface area (Å²) >= 11 is 3.99. The van der Waals surface area contributed by atoms with Crippen LogP contribution in [-0.2, 0) is 22.7 Å². The topological polar surface area (TPSA) is 113 Å². The van der Waals surface area contributed by atoms with Crippen molar-refractivity contribution in [3.8, 4) is 27.3 Å². The van der Waals surface area contributed by atoms with E-state index in [1.54, 1.807) is 17.9 Å². The molecular formula is C45H35N6OOsPS2+. The molecule has 5 aromatic carbocycles. The van der Waals surface area contributed by atoms with Crippen molar-refractivity contribution >= 4 is 86.2 Å². The molecule has 0 amide bonds. The average Bonchev–Trinajstić information content (AvgIpc) is 4.03. The monoisotopic (exact) mass is 962 g/mol. The Kier molecular flexibility index (Phi) is 11.0. The van der Waals surface area contributed by atoms with E-state index in [2.05, 4.69) is 135 Å². The number of fused-ring (bicyclic) bond motifs is 2. The van der Waals surface area contributed by atoms with Gasteiger partial charge in [-0.3, -0.25) is 0 Å². The fraction of sp³-hybridized carbons (Fsp3) is 0.0889. The standard InChI is InChI=1S/C45H35N6OPS2.Os/c1-4-15-32-25-38(46)40(44-42(32)48-54-50-44)41-39(47)26-33(43-45(41)51-55-49-43)23-22-31(24-34-28-52-27-30(34)5-2)29(3)53(35-16-9-6-10-17-35,36-18-11-7-12-19-36)37-20-13-8-14-21-37;/h4-21,24-26H,27-28,46-47H2,1-2H3;/q+1;/b15-4+,30-5?,31-29?,34-24?;. The molecule has 0 atom stereocenters. The summed E-state index contributed by atoms with van der Waals surface area (Å²) < 4.78 is 28.5. The summed E-state index contributed by atoms with van der Waals surface area (Å²) in [4.78, 5) is 0. The number of hydrogen-bond donors (Lipinski definition) is 2. The number of allylic oxidation sites excluding steroid dienone is 5. The van der Waals surface area contributed by atoms with E-state index in [-0.39, 0.29) is 0 Å². The maximum atomic E-state index is 6.96. The fourth-order valence-corrected chi connectivity index (χ4v) is 14.2. The van der Waals surface area contributed by atoms with E-state index in [1.165, 1.54) is 15.9 Å². The van der Waals surface area contributed by atoms with Crippen LogP contribution >= 0.6 is 30.7 Å². The zero-order valence-corrected chi connectivity index (χ0v) is 35.6. The number of anilines is 2. The number of nitrogens with two attached hydrogens (primary N) is 2. The van der Waals surface area contributed by atoms with Crippen molar-refractivity contribution in [3.05, 3.63) is 155 Å². The van der Waals surface area contributed by atoms with Gasteiger partial charge in [0.2, 0.25) is 0 Å². The second-order valence-corrected chi connectivity index (χ2v) is 18.0. The van der Waals surface area contributed by atoms with Gasteiger partial charge in [0.15, 0.2) is 0 Å². The van der Waals surface area contributed by atoms with E-state index < -0.39 is 7.26 Å². The van der Waals surface area contributed by atoms with Crippen LogP contribution in [0.2, 0.25) is 0 Å². The van der Waals surface area contributed by atoms with Crippen molar-refractivity contribution in [2.45, 2.75) is 13.8 Å². The van der Waals surface area contributed by atoms with Crippen LogP contribution in [0.3, 0.4) is 0 Å². The van der Waals surface area contributed by atoms with Crippen LogP contribution in [0.15, 0.2) is 143 Å². The van der Waals surface area contributed by atoms with Crippen LogP contribution in [0, 0.1) is 16.2 Å². The van der Waals surface area contributed by atoms with Gasteiger partial charge in [0.25, 0.3) is 0 Å². The molecule has 0 radical (unpaired) electrons. The Labute approximate surface area is 344 Å². The fourth-order valence-electron chi connectivity index (χ4n) is 7.29. The first-order valence-electron chi connectivity index (χ1n) is 17.8. The molecule has 0 spiro atoms. The van der Waals surface area contributed by atoms with E-state index >= 15 is 0 Å². The molecule has 1 saturated heterocycles. The molecule has 8 rings (SSSR count). The van der Waals surface area contributed by atoms with Gasteiger partial charge in [-0.2, -0.15) is 4.37 Å². The van der Waals surface area contributed by atoms with E-state index in [0.717, 1.165) is 56.6 Å². The summed E-state index contributed by atoms with van der Waals surface area (Å²) in [6.07, 6.45) is 8.25. The van der Waals surface area contributed by atoms with E-state index in [0.29, 0.717) is 57.8 Å². The second kappa shape index (κ2) is 16.4. The second-order valence-electron chi connectivity index (χ2n) is 13.0. The van der Waals surface area contributed by atoms with Crippen molar-refractivity contribution in [2.24, 2.45) is 0 Å². The minimum absolute atomic E-state index is 0.480. The number of rotatable bonds is 7. The van der Waals surface area contributed by atoms with Crippen molar-refractivity contribution < 1.29 is 22.7 Å². The third-order valence-corrected chi connectivity index (χ3v) is 16.2. The molecule has 1 fully saturated rings. The molecule has 7 aromatic rings. The third-order valence-electron chi connectivity index (χ3n) is 9.79. The molecule has 1 aliphatic rings. The van der Waals surface area contributed by atoms with Gasteiger partial charge in [-0.05, 0) is 6.92 Å². The first kappa shape index (κ1) is 37.6. The van der Waals surface area contributed by atoms with E-state index in [1.807, 2.05) is 31.2 Å². The molecule has 0 bridgehead atoms. The third kappa shape index (κ3) is 6.68. The van der Waals surface area contributed by atoms with Crippen LogP contribution in [-0.4, -0.2) is 30.7 Å². The molecule has 4 N–H and O–H groups in total. The van der Waals surface area contributed by atoms with Crippen LogP contribution in [0.4, 0.5) is 11.4 Å². The van der Waals surface area contributed by atoms with Gasteiger partial charge in [-0.25, -0.2) is 0 Å². The van der Waals surface area contributed by atoms with Gasteiger partial charge in [-0.15, -0.1) is 0 Å². The normalized spacial score (nSPS) is 15.0. The van der Waals surface area contributed by atoms with Gasteiger partial charge >= 0.3 is 306 Å². The molecule has 1 aliphatic heterocycles. The van der Waals surface area contributed by atoms with E-state index in [4.69, 9.17) is 25.0 Å². The average molecular weight is 961 g/mol. The first-order chi connectivity index (χ1) is 27.5. The summed E-state index contributed by atoms with van der Waals surface area (Å²) in [5.41, 5.74) is 23.5. The number of ether oxygens (including phenoxy) is 1. The summed E-state index contributed by atoms with van der Waals surface area (Å²) in [5.74, 6) is 7.21. The summed E-state index contributed by atoms with van der Waals surface area (Å²) in [6.45, 7) is 5.06. The number of benzene rings is 5. The number of nitrogens with zero attached hydrogens (tertiary/aromatic N) is 4. The van der Waals surface area contributed by atoms with Crippen molar-refractivity contribution in [2.75, 3.05) is 24.7 Å². The zero-order chi connectivity index (χ0) is 38.6. The van der Waals surface area contributed by atoms with Crippen LogP contribution in [0.1, 0.15) is 25.0 Å². The Bertz CT molecular complexity index is 2750. The predicted molar refractivity (Wildman–Crippen MR) is 233 cm³/mol. The van der Waals surface area contributed by atoms with Crippen molar-refractivity contribution in [1.29, 1.82) is 0 Å². The Morgan fingerprint density at radius 1 is 0.714 bits per heavy atom. The molecule has 0 saturated carbocycles. The van der Waals surface area contributed by atoms with Crippen LogP contribution < -0.4 is 27.4 Å². The number of hydrogen-bond acceptors (Lipinski definition) is 9. The van der Waals surface area contributed by atoms with Gasteiger partial charge in [0.05, 0.1) is 11.7 Å². The molecule has 2 aromatic heterocycles. The molecule has 0 aliphatic carbocycles. The molecule has 0 unspecified atom stereocenters. The number of aromatic nitrogens is 4. The zero-order valence-electron chi connectivity index (χ0n) is 30.5. The number of nitrogen functional groups attached to an aromatic ring is 2. The van der Waals surface area contributed by atoms with E-state index in [9.17, 15) is 0 Å². The quantitative estimate of drug-likeness (QED) is 0.0936. The van der Waals surface area contributed by atoms with Crippen molar-refractivity contribution in [1.82, 2.24) is 17.5 Å². The molecule has 7 nitrogen and oxygen atoms in total. The molecular weight excluding hydrogens is 926 g/mol. The predicted octanol–water partition coefficient (Wildman–Crippen LogP) is 8.57. The maximum absolute atomic E-state index is 6.96. The van der Waals surface area contributed by atoms with Gasteiger partial charge in [-0.1, -0.05) is 12.2 Å². The van der Waals surface area contributed by atoms with Gasteiger partial charge in [0.1, 0.15) is 0 Å². The Balaban J connectivity index is 1.42. The molecule has 56 heavy (non-hydrogen) atoms.